The minimum Gasteiger partial charge on any atom is -0.278 e. The van der Waals surface area contributed by atoms with Crippen LogP contribution in [0.3, 0.4) is 0 Å². The van der Waals surface area contributed by atoms with Crippen LogP contribution in [0.2, 0.25) is 0 Å². The van der Waals surface area contributed by atoms with E-state index in [2.05, 4.69) is 96.4 Å². The van der Waals surface area contributed by atoms with Crippen molar-refractivity contribution in [2.24, 2.45) is 0 Å². The number of hydrogen-bond donors (Lipinski definition) is 0. The monoisotopic (exact) mass is 441 g/mol. The molecule has 7 rings (SSSR count). The number of fused-ring (bicyclic) bond motifs is 7. The molecule has 156 valence electrons. The maximum absolute atomic E-state index is 5.00. The van der Waals surface area contributed by atoms with Crippen LogP contribution < -0.4 is 0 Å². The lowest BCUT2D eigenvalue weighted by atomic mass is 10.1. The van der Waals surface area contributed by atoms with E-state index in [1.807, 2.05) is 23.6 Å². The van der Waals surface area contributed by atoms with Gasteiger partial charge in [-0.05, 0) is 37.3 Å². The van der Waals surface area contributed by atoms with E-state index in [4.69, 9.17) is 9.97 Å². The van der Waals surface area contributed by atoms with E-state index in [0.717, 1.165) is 22.3 Å². The maximum Gasteiger partial charge on any atom is 0.235 e. The largest absolute Gasteiger partial charge is 0.278 e. The van der Waals surface area contributed by atoms with Crippen molar-refractivity contribution in [2.45, 2.75) is 6.92 Å². The first-order chi connectivity index (χ1) is 16.3. The Kier molecular flexibility index (Phi) is 3.93. The number of hydrogen-bond acceptors (Lipinski definition) is 3. The van der Waals surface area contributed by atoms with Gasteiger partial charge in [-0.15, -0.1) is 11.3 Å². The molecule has 3 aromatic heterocycles. The highest BCUT2D eigenvalue weighted by Crippen LogP contribution is 2.42. The smallest absolute Gasteiger partial charge is 0.235 e. The summed E-state index contributed by atoms with van der Waals surface area (Å²) in [5, 5.41) is 5.12. The number of rotatable bonds is 2. The van der Waals surface area contributed by atoms with Crippen LogP contribution in [-0.4, -0.2) is 14.5 Å². The molecule has 7 aromatic rings. The summed E-state index contributed by atoms with van der Waals surface area (Å²) in [5.41, 5.74) is 5.51. The van der Waals surface area contributed by atoms with Crippen LogP contribution in [0, 0.1) is 6.92 Å². The van der Waals surface area contributed by atoms with Gasteiger partial charge in [-0.1, -0.05) is 66.2 Å². The fourth-order valence-electron chi connectivity index (χ4n) is 4.87. The maximum atomic E-state index is 5.00. The van der Waals surface area contributed by atoms with Gasteiger partial charge in [-0.3, -0.25) is 4.57 Å². The van der Waals surface area contributed by atoms with E-state index in [9.17, 15) is 0 Å². The normalized spacial score (nSPS) is 11.8. The standard InChI is InChI=1S/C29H19N3S/c1-18-7-6-8-19(17-18)23-15-16-30-29(31-23)32-24-11-4-2-10-22(24)27-25(32)14-13-21-20-9-3-5-12-26(20)33-28(21)27/h2-17H,1H3. The van der Waals surface area contributed by atoms with Crippen molar-refractivity contribution in [3.63, 3.8) is 0 Å². The van der Waals surface area contributed by atoms with E-state index < -0.39 is 0 Å². The molecular formula is C29H19N3S. The van der Waals surface area contributed by atoms with Gasteiger partial charge in [0.1, 0.15) is 0 Å². The number of benzene rings is 4. The molecule has 0 aliphatic heterocycles. The lowest BCUT2D eigenvalue weighted by Gasteiger charge is -2.08. The Bertz CT molecular complexity index is 1840. The van der Waals surface area contributed by atoms with Crippen molar-refractivity contribution in [3.8, 4) is 17.2 Å². The molecule has 3 nitrogen and oxygen atoms in total. The van der Waals surface area contributed by atoms with Crippen molar-refractivity contribution >= 4 is 53.3 Å². The van der Waals surface area contributed by atoms with E-state index in [0.29, 0.717) is 5.95 Å². The van der Waals surface area contributed by atoms with Crippen LogP contribution in [0.15, 0.2) is 97.2 Å². The minimum atomic E-state index is 0.695. The first-order valence-electron chi connectivity index (χ1n) is 11.0. The van der Waals surface area contributed by atoms with Crippen molar-refractivity contribution in [3.05, 3.63) is 103 Å². The van der Waals surface area contributed by atoms with Gasteiger partial charge in [0.05, 0.1) is 16.7 Å². The Morgan fingerprint density at radius 1 is 0.727 bits per heavy atom. The number of thiophene rings is 1. The first-order valence-corrected chi connectivity index (χ1v) is 11.8. The van der Waals surface area contributed by atoms with Gasteiger partial charge in [0.15, 0.2) is 0 Å². The second-order valence-corrected chi connectivity index (χ2v) is 9.45. The summed E-state index contributed by atoms with van der Waals surface area (Å²) in [7, 11) is 0. The molecule has 0 saturated carbocycles. The molecule has 0 aliphatic carbocycles. The molecule has 0 saturated heterocycles. The molecule has 0 fully saturated rings. The molecule has 3 heterocycles. The van der Waals surface area contributed by atoms with Crippen LogP contribution >= 0.6 is 11.3 Å². The second kappa shape index (κ2) is 6.99. The molecule has 0 radical (unpaired) electrons. The molecule has 4 heteroatoms. The predicted molar refractivity (Wildman–Crippen MR) is 139 cm³/mol. The topological polar surface area (TPSA) is 30.7 Å². The highest BCUT2D eigenvalue weighted by Gasteiger charge is 2.18. The zero-order valence-electron chi connectivity index (χ0n) is 18.0. The molecule has 0 spiro atoms. The predicted octanol–water partition coefficient (Wildman–Crippen LogP) is 7.92. The molecule has 0 bridgehead atoms. The molecule has 0 aliphatic rings. The van der Waals surface area contributed by atoms with Gasteiger partial charge >= 0.3 is 0 Å². The SMILES string of the molecule is Cc1cccc(-c2ccnc(-n3c4ccccc4c4c5sc6ccccc6c5ccc43)n2)c1. The van der Waals surface area contributed by atoms with Crippen LogP contribution in [0.5, 0.6) is 0 Å². The molecule has 0 unspecified atom stereocenters. The number of nitrogens with zero attached hydrogens (tertiary/aromatic N) is 3. The third-order valence-corrected chi connectivity index (χ3v) is 7.54. The van der Waals surface area contributed by atoms with E-state index in [-0.39, 0.29) is 0 Å². The average molecular weight is 442 g/mol. The van der Waals surface area contributed by atoms with Crippen molar-refractivity contribution in [1.82, 2.24) is 14.5 Å². The molecule has 33 heavy (non-hydrogen) atoms. The fourth-order valence-corrected chi connectivity index (χ4v) is 6.13. The van der Waals surface area contributed by atoms with Crippen molar-refractivity contribution in [1.29, 1.82) is 0 Å². The van der Waals surface area contributed by atoms with Gasteiger partial charge < -0.3 is 0 Å². The number of aryl methyl sites for hydroxylation is 1. The molecule has 0 N–H and O–H groups in total. The Hall–Kier alpha value is -4.02. The quantitative estimate of drug-likeness (QED) is 0.273. The van der Waals surface area contributed by atoms with Crippen LogP contribution in [0.1, 0.15) is 5.56 Å². The summed E-state index contributed by atoms with van der Waals surface area (Å²) < 4.78 is 4.83. The molecular weight excluding hydrogens is 422 g/mol. The fraction of sp³-hybridized carbons (Fsp3) is 0.0345. The van der Waals surface area contributed by atoms with Gasteiger partial charge in [-0.2, -0.15) is 0 Å². The zero-order chi connectivity index (χ0) is 21.9. The summed E-state index contributed by atoms with van der Waals surface area (Å²) >= 11 is 1.86. The summed E-state index contributed by atoms with van der Waals surface area (Å²) in [4.78, 5) is 9.71. The van der Waals surface area contributed by atoms with Crippen molar-refractivity contribution in [2.75, 3.05) is 0 Å². The molecule has 0 amide bonds. The van der Waals surface area contributed by atoms with Crippen LogP contribution in [0.4, 0.5) is 0 Å². The van der Waals surface area contributed by atoms with Crippen LogP contribution in [0.25, 0.3) is 59.2 Å². The first kappa shape index (κ1) is 18.5. The Balaban J connectivity index is 1.57. The van der Waals surface area contributed by atoms with Gasteiger partial charge in [0, 0.05) is 42.7 Å². The Morgan fingerprint density at radius 2 is 1.58 bits per heavy atom. The van der Waals surface area contributed by atoms with Crippen molar-refractivity contribution < 1.29 is 0 Å². The van der Waals surface area contributed by atoms with E-state index in [1.165, 1.54) is 36.5 Å². The molecule has 0 atom stereocenters. The third-order valence-electron chi connectivity index (χ3n) is 6.34. The summed E-state index contributed by atoms with van der Waals surface area (Å²) in [6.45, 7) is 2.11. The Morgan fingerprint density at radius 3 is 2.48 bits per heavy atom. The Labute approximate surface area is 194 Å². The van der Waals surface area contributed by atoms with Gasteiger partial charge in [0.2, 0.25) is 5.95 Å². The average Bonchev–Trinajstić information content (AvgIpc) is 3.40. The summed E-state index contributed by atoms with van der Waals surface area (Å²) in [5.74, 6) is 0.695. The number of para-hydroxylation sites is 1. The van der Waals surface area contributed by atoms with Gasteiger partial charge in [-0.25, -0.2) is 9.97 Å². The summed E-state index contributed by atoms with van der Waals surface area (Å²) in [6.07, 6.45) is 1.86. The number of aromatic nitrogens is 3. The van der Waals surface area contributed by atoms with Gasteiger partial charge in [0.25, 0.3) is 0 Å². The third kappa shape index (κ3) is 2.74. The highest BCUT2D eigenvalue weighted by atomic mass is 32.1. The van der Waals surface area contributed by atoms with E-state index in [1.54, 1.807) is 0 Å². The van der Waals surface area contributed by atoms with E-state index >= 15 is 0 Å². The zero-order valence-corrected chi connectivity index (χ0v) is 18.8. The second-order valence-electron chi connectivity index (χ2n) is 8.40. The lowest BCUT2D eigenvalue weighted by Crippen LogP contribution is -2.01. The summed E-state index contributed by atoms with van der Waals surface area (Å²) in [6, 6.07) is 32.1. The van der Waals surface area contributed by atoms with Crippen LogP contribution in [-0.2, 0) is 0 Å². The highest BCUT2D eigenvalue weighted by molar-refractivity contribution is 7.26. The minimum absolute atomic E-state index is 0.695. The molecule has 4 aromatic carbocycles. The lowest BCUT2D eigenvalue weighted by molar-refractivity contribution is 0.992.